The topological polar surface area (TPSA) is 33.1 Å². The molecule has 0 aliphatic rings. The zero-order valence-electron chi connectivity index (χ0n) is 9.56. The minimum Gasteiger partial charge on any atom is -0.388 e. The fraction of sp³-hybridized carbons (Fsp3) is 0.308. The predicted molar refractivity (Wildman–Crippen MR) is 71.6 cm³/mol. The second-order valence-electron chi connectivity index (χ2n) is 3.85. The molecule has 0 saturated carbocycles. The van der Waals surface area contributed by atoms with E-state index in [1.807, 2.05) is 24.4 Å². The molecule has 1 atom stereocenters. The van der Waals surface area contributed by atoms with Gasteiger partial charge in [-0.1, -0.05) is 18.5 Å². The molecule has 0 aliphatic carbocycles. The predicted octanol–water partition coefficient (Wildman–Crippen LogP) is 3.64. The Balaban J connectivity index is 2.16. The lowest BCUT2D eigenvalue weighted by atomic mass is 10.0. The second kappa shape index (κ2) is 5.63. The molecule has 4 heteroatoms. The summed E-state index contributed by atoms with van der Waals surface area (Å²) in [5, 5.41) is 10.2. The second-order valence-corrected chi connectivity index (χ2v) is 5.65. The Morgan fingerprint density at radius 1 is 1.41 bits per heavy atom. The number of aliphatic hydroxyl groups excluding tert-OH is 1. The summed E-state index contributed by atoms with van der Waals surface area (Å²) in [6, 6.07) is 5.71. The van der Waals surface area contributed by atoms with Gasteiger partial charge in [0.15, 0.2) is 0 Å². The Morgan fingerprint density at radius 2 is 2.24 bits per heavy atom. The van der Waals surface area contributed by atoms with Gasteiger partial charge in [0.1, 0.15) is 0 Å². The van der Waals surface area contributed by atoms with Gasteiger partial charge in [-0.2, -0.15) is 0 Å². The van der Waals surface area contributed by atoms with Crippen LogP contribution in [0.2, 0.25) is 4.34 Å². The molecule has 17 heavy (non-hydrogen) atoms. The summed E-state index contributed by atoms with van der Waals surface area (Å²) in [6.45, 7) is 2.06. The molecule has 0 fully saturated rings. The molecule has 2 heterocycles. The minimum absolute atomic E-state index is 0.484. The van der Waals surface area contributed by atoms with Crippen molar-refractivity contribution in [1.29, 1.82) is 0 Å². The van der Waals surface area contributed by atoms with Crippen LogP contribution in [0.5, 0.6) is 0 Å². The van der Waals surface area contributed by atoms with Gasteiger partial charge >= 0.3 is 0 Å². The summed E-state index contributed by atoms with van der Waals surface area (Å²) < 4.78 is 0.762. The molecule has 2 rings (SSSR count). The third-order valence-electron chi connectivity index (χ3n) is 2.70. The van der Waals surface area contributed by atoms with E-state index in [2.05, 4.69) is 11.9 Å². The van der Waals surface area contributed by atoms with Crippen LogP contribution in [0.4, 0.5) is 0 Å². The maximum absolute atomic E-state index is 10.2. The maximum Gasteiger partial charge on any atom is 0.0931 e. The first-order valence-electron chi connectivity index (χ1n) is 5.55. The molecular weight excluding hydrogens is 254 g/mol. The van der Waals surface area contributed by atoms with Crippen LogP contribution in [-0.2, 0) is 12.8 Å². The third-order valence-corrected chi connectivity index (χ3v) is 3.96. The van der Waals surface area contributed by atoms with Crippen molar-refractivity contribution in [3.63, 3.8) is 0 Å². The Hall–Kier alpha value is -0.900. The van der Waals surface area contributed by atoms with Crippen LogP contribution in [-0.4, -0.2) is 10.1 Å². The number of aliphatic hydroxyl groups is 1. The Morgan fingerprint density at radius 3 is 2.88 bits per heavy atom. The van der Waals surface area contributed by atoms with E-state index in [0.717, 1.165) is 26.8 Å². The van der Waals surface area contributed by atoms with Crippen molar-refractivity contribution in [2.75, 3.05) is 0 Å². The van der Waals surface area contributed by atoms with Gasteiger partial charge in [-0.15, -0.1) is 11.3 Å². The fourth-order valence-corrected chi connectivity index (χ4v) is 2.94. The Bertz CT molecular complexity index is 498. The van der Waals surface area contributed by atoms with Crippen molar-refractivity contribution in [2.24, 2.45) is 0 Å². The SMILES string of the molecule is CCc1cnccc1C(O)Cc1ccc(Cl)s1. The Labute approximate surface area is 110 Å². The highest BCUT2D eigenvalue weighted by molar-refractivity contribution is 7.16. The average Bonchev–Trinajstić information content (AvgIpc) is 2.74. The first-order chi connectivity index (χ1) is 8.20. The van der Waals surface area contributed by atoms with E-state index in [0.29, 0.717) is 6.42 Å². The minimum atomic E-state index is -0.484. The largest absolute Gasteiger partial charge is 0.388 e. The van der Waals surface area contributed by atoms with Crippen LogP contribution < -0.4 is 0 Å². The summed E-state index contributed by atoms with van der Waals surface area (Å²) in [4.78, 5) is 5.18. The first-order valence-corrected chi connectivity index (χ1v) is 6.75. The lowest BCUT2D eigenvalue weighted by molar-refractivity contribution is 0.178. The van der Waals surface area contributed by atoms with Gasteiger partial charge in [0, 0.05) is 23.7 Å². The van der Waals surface area contributed by atoms with Crippen molar-refractivity contribution in [1.82, 2.24) is 4.98 Å². The van der Waals surface area contributed by atoms with E-state index in [-0.39, 0.29) is 0 Å². The molecule has 0 spiro atoms. The van der Waals surface area contributed by atoms with Crippen LogP contribution >= 0.6 is 22.9 Å². The number of nitrogens with zero attached hydrogens (tertiary/aromatic N) is 1. The van der Waals surface area contributed by atoms with E-state index in [9.17, 15) is 5.11 Å². The van der Waals surface area contributed by atoms with Crippen LogP contribution in [0, 0.1) is 0 Å². The number of hydrogen-bond donors (Lipinski definition) is 1. The molecule has 0 amide bonds. The number of aryl methyl sites for hydroxylation is 1. The normalized spacial score (nSPS) is 12.6. The highest BCUT2D eigenvalue weighted by Gasteiger charge is 2.13. The van der Waals surface area contributed by atoms with E-state index in [4.69, 9.17) is 11.6 Å². The van der Waals surface area contributed by atoms with Gasteiger partial charge in [0.25, 0.3) is 0 Å². The monoisotopic (exact) mass is 267 g/mol. The summed E-state index contributed by atoms with van der Waals surface area (Å²) in [5.41, 5.74) is 2.06. The van der Waals surface area contributed by atoms with Gasteiger partial charge in [-0.3, -0.25) is 4.98 Å². The van der Waals surface area contributed by atoms with Crippen LogP contribution in [0.1, 0.15) is 29.0 Å². The Kier molecular flexibility index (Phi) is 4.15. The lowest BCUT2D eigenvalue weighted by Gasteiger charge is -2.13. The van der Waals surface area contributed by atoms with Gasteiger partial charge in [0.2, 0.25) is 0 Å². The van der Waals surface area contributed by atoms with E-state index in [1.165, 1.54) is 11.3 Å². The average molecular weight is 268 g/mol. The molecule has 2 aromatic rings. The summed E-state index contributed by atoms with van der Waals surface area (Å²) in [7, 11) is 0. The summed E-state index contributed by atoms with van der Waals surface area (Å²) >= 11 is 7.39. The molecule has 0 bridgehead atoms. The van der Waals surface area contributed by atoms with Gasteiger partial charge in [0.05, 0.1) is 10.4 Å². The molecular formula is C13H14ClNOS. The number of halogens is 1. The van der Waals surface area contributed by atoms with Gasteiger partial charge in [-0.05, 0) is 35.7 Å². The molecule has 2 nitrogen and oxygen atoms in total. The van der Waals surface area contributed by atoms with Crippen molar-refractivity contribution < 1.29 is 5.11 Å². The highest BCUT2D eigenvalue weighted by Crippen LogP contribution is 2.27. The number of pyridine rings is 1. The zero-order valence-corrected chi connectivity index (χ0v) is 11.1. The zero-order chi connectivity index (χ0) is 12.3. The van der Waals surface area contributed by atoms with Crippen molar-refractivity contribution in [3.8, 4) is 0 Å². The molecule has 1 unspecified atom stereocenters. The van der Waals surface area contributed by atoms with Gasteiger partial charge in [-0.25, -0.2) is 0 Å². The van der Waals surface area contributed by atoms with Crippen LogP contribution in [0.15, 0.2) is 30.6 Å². The third kappa shape index (κ3) is 3.06. The van der Waals surface area contributed by atoms with E-state index in [1.54, 1.807) is 6.20 Å². The van der Waals surface area contributed by atoms with Crippen molar-refractivity contribution in [2.45, 2.75) is 25.9 Å². The van der Waals surface area contributed by atoms with Crippen molar-refractivity contribution in [3.05, 3.63) is 50.9 Å². The summed E-state index contributed by atoms with van der Waals surface area (Å²) in [5.74, 6) is 0. The quantitative estimate of drug-likeness (QED) is 0.918. The molecule has 1 N–H and O–H groups in total. The summed E-state index contributed by atoms with van der Waals surface area (Å²) in [6.07, 6.45) is 4.54. The molecule has 0 aromatic carbocycles. The standard InChI is InChI=1S/C13H14ClNOS/c1-2-9-8-15-6-5-11(9)12(16)7-10-3-4-13(14)17-10/h3-6,8,12,16H,2,7H2,1H3. The van der Waals surface area contributed by atoms with Gasteiger partial charge < -0.3 is 5.11 Å². The van der Waals surface area contributed by atoms with Crippen LogP contribution in [0.25, 0.3) is 0 Å². The highest BCUT2D eigenvalue weighted by atomic mass is 35.5. The van der Waals surface area contributed by atoms with Crippen LogP contribution in [0.3, 0.4) is 0 Å². The molecule has 0 saturated heterocycles. The molecule has 0 radical (unpaired) electrons. The van der Waals surface area contributed by atoms with E-state index < -0.39 is 6.10 Å². The van der Waals surface area contributed by atoms with E-state index >= 15 is 0 Å². The molecule has 2 aromatic heterocycles. The first kappa shape index (κ1) is 12.6. The number of hydrogen-bond acceptors (Lipinski definition) is 3. The number of aromatic nitrogens is 1. The number of thiophene rings is 1. The maximum atomic E-state index is 10.2. The molecule has 0 aliphatic heterocycles. The lowest BCUT2D eigenvalue weighted by Crippen LogP contribution is -2.04. The number of rotatable bonds is 4. The fourth-order valence-electron chi connectivity index (χ4n) is 1.82. The van der Waals surface area contributed by atoms with Crippen molar-refractivity contribution >= 4 is 22.9 Å². The smallest absolute Gasteiger partial charge is 0.0931 e. The molecule has 90 valence electrons.